The molecule has 0 bridgehead atoms. The van der Waals surface area contributed by atoms with Crippen LogP contribution in [0.15, 0.2) is 21.6 Å². The molecule has 0 unspecified atom stereocenters. The van der Waals surface area contributed by atoms with Crippen LogP contribution in [0.1, 0.15) is 20.8 Å². The molecule has 2 N–H and O–H groups in total. The summed E-state index contributed by atoms with van der Waals surface area (Å²) in [6.45, 7) is 9.09. The van der Waals surface area contributed by atoms with Gasteiger partial charge in [-0.15, -0.1) is 0 Å². The third-order valence-corrected chi connectivity index (χ3v) is 5.73. The Morgan fingerprint density at radius 1 is 1.53 bits per heavy atom. The first kappa shape index (κ1) is 15.1. The monoisotopic (exact) mass is 379 g/mol. The molecule has 0 aliphatic carbocycles. The predicted octanol–water partition coefficient (Wildman–Crippen LogP) is -1.59. The Morgan fingerprint density at radius 3 is 3.21 bits per heavy atom. The predicted molar refractivity (Wildman–Crippen MR) is 72.2 cm³/mol. The summed E-state index contributed by atoms with van der Waals surface area (Å²) in [5.41, 5.74) is 1.31. The fraction of sp³-hybridized carbons (Fsp3) is 0.714. The number of allylic oxidation sites excluding steroid dienone is 2. The van der Waals surface area contributed by atoms with Gasteiger partial charge in [-0.25, -0.2) is 0 Å². The topological polar surface area (TPSA) is 42.5 Å². The van der Waals surface area contributed by atoms with Gasteiger partial charge in [-0.05, 0) is 0 Å². The van der Waals surface area contributed by atoms with Crippen molar-refractivity contribution in [3.05, 3.63) is 21.6 Å². The number of hydrogen-bond donors (Lipinski definition) is 2. The molecule has 5 heteroatoms. The molecule has 1 saturated heterocycles. The van der Waals surface area contributed by atoms with Crippen LogP contribution in [0, 0.1) is 5.92 Å². The van der Waals surface area contributed by atoms with Crippen LogP contribution in [0.2, 0.25) is 0 Å². The summed E-state index contributed by atoms with van der Waals surface area (Å²) < 4.78 is 15.3. The molecule has 110 valence electrons. The number of nitrogens with one attached hydrogen (secondary N) is 2. The summed E-state index contributed by atoms with van der Waals surface area (Å²) in [6, 6.07) is 0. The van der Waals surface area contributed by atoms with Crippen molar-refractivity contribution in [3.8, 4) is 0 Å². The van der Waals surface area contributed by atoms with E-state index in [1.165, 1.54) is 5.57 Å². The van der Waals surface area contributed by atoms with E-state index in [4.69, 9.17) is 9.47 Å². The van der Waals surface area contributed by atoms with Crippen molar-refractivity contribution in [2.24, 2.45) is 5.92 Å². The standard InChI is InChI=1S/C14H24IN2O2/c1-10-6-14(17-9-15-7-10)19-12(3)13-8-16-4-5-18-11(13)2/h6-7,11-13,16-17H,4-5,8-9H2,1-3H3/q-1/t11-,12-,13-/m1/s1. The van der Waals surface area contributed by atoms with Crippen molar-refractivity contribution in [2.75, 3.05) is 24.2 Å². The summed E-state index contributed by atoms with van der Waals surface area (Å²) in [5.74, 6) is 1.29. The van der Waals surface area contributed by atoms with Crippen LogP contribution in [0.25, 0.3) is 0 Å². The van der Waals surface area contributed by atoms with E-state index in [1.54, 1.807) is 0 Å². The maximum atomic E-state index is 6.11. The van der Waals surface area contributed by atoms with Crippen LogP contribution in [-0.2, 0) is 9.47 Å². The van der Waals surface area contributed by atoms with E-state index in [9.17, 15) is 0 Å². The summed E-state index contributed by atoms with van der Waals surface area (Å²) in [5, 5.41) is 6.80. The zero-order chi connectivity index (χ0) is 13.7. The third kappa shape index (κ3) is 4.65. The zero-order valence-electron chi connectivity index (χ0n) is 11.9. The minimum absolute atomic E-state index is 0.123. The second kappa shape index (κ2) is 7.50. The number of rotatable bonds is 3. The second-order valence-corrected chi connectivity index (χ2v) is 7.36. The van der Waals surface area contributed by atoms with E-state index < -0.39 is 0 Å². The SMILES string of the molecule is CC1=C[I-]CNC(O[C@H](C)[C@@H]2CNCCO[C@@H]2C)=C1. The van der Waals surface area contributed by atoms with Crippen molar-refractivity contribution in [3.63, 3.8) is 0 Å². The minimum atomic E-state index is 0.123. The number of hydrogen-bond acceptors (Lipinski definition) is 4. The van der Waals surface area contributed by atoms with Crippen LogP contribution in [-0.4, -0.2) is 36.5 Å². The Kier molecular flexibility index (Phi) is 5.97. The molecule has 19 heavy (non-hydrogen) atoms. The molecule has 0 amide bonds. The average Bonchev–Trinajstić information content (AvgIpc) is 2.69. The van der Waals surface area contributed by atoms with Crippen LogP contribution >= 0.6 is 0 Å². The summed E-state index contributed by atoms with van der Waals surface area (Å²) in [7, 11) is 0. The van der Waals surface area contributed by atoms with Gasteiger partial charge in [-0.2, -0.15) is 0 Å². The molecule has 2 heterocycles. The molecule has 0 radical (unpaired) electrons. The molecule has 0 saturated carbocycles. The molecule has 0 spiro atoms. The Hall–Kier alpha value is -0.270. The fourth-order valence-corrected chi connectivity index (χ4v) is 4.03. The van der Waals surface area contributed by atoms with Gasteiger partial charge in [0.05, 0.1) is 0 Å². The first-order chi connectivity index (χ1) is 9.16. The van der Waals surface area contributed by atoms with Gasteiger partial charge >= 0.3 is 126 Å². The van der Waals surface area contributed by atoms with Gasteiger partial charge < -0.3 is 0 Å². The van der Waals surface area contributed by atoms with Gasteiger partial charge in [0.15, 0.2) is 0 Å². The van der Waals surface area contributed by atoms with E-state index >= 15 is 0 Å². The van der Waals surface area contributed by atoms with Gasteiger partial charge in [0.1, 0.15) is 0 Å². The van der Waals surface area contributed by atoms with Crippen molar-refractivity contribution >= 4 is 0 Å². The normalized spacial score (nSPS) is 30.7. The molecule has 4 nitrogen and oxygen atoms in total. The Bertz CT molecular complexity index is 357. The summed E-state index contributed by atoms with van der Waals surface area (Å²) in [6.07, 6.45) is 2.49. The second-order valence-electron chi connectivity index (χ2n) is 5.09. The number of ether oxygens (including phenoxy) is 2. The zero-order valence-corrected chi connectivity index (χ0v) is 14.1. The van der Waals surface area contributed by atoms with Gasteiger partial charge in [-0.1, -0.05) is 0 Å². The molecule has 2 aliphatic rings. The van der Waals surface area contributed by atoms with Crippen molar-refractivity contribution in [1.82, 2.24) is 10.6 Å². The van der Waals surface area contributed by atoms with Crippen molar-refractivity contribution < 1.29 is 30.7 Å². The Labute approximate surface area is 126 Å². The van der Waals surface area contributed by atoms with E-state index in [2.05, 4.69) is 41.6 Å². The molecular weight excluding hydrogens is 355 g/mol. The molecule has 0 aromatic rings. The number of alkyl halides is 1. The van der Waals surface area contributed by atoms with E-state index in [0.717, 1.165) is 30.1 Å². The molecule has 3 atom stereocenters. The van der Waals surface area contributed by atoms with Crippen LogP contribution < -0.4 is 31.8 Å². The van der Waals surface area contributed by atoms with Gasteiger partial charge in [0.25, 0.3) is 0 Å². The molecule has 0 aromatic heterocycles. The quantitative estimate of drug-likeness (QED) is 0.353. The molecule has 1 fully saturated rings. The molecular formula is C14H24IN2O2-. The van der Waals surface area contributed by atoms with Crippen molar-refractivity contribution in [2.45, 2.75) is 33.0 Å². The van der Waals surface area contributed by atoms with Crippen LogP contribution in [0.3, 0.4) is 0 Å². The Balaban J connectivity index is 1.95. The molecule has 2 rings (SSSR count). The van der Waals surface area contributed by atoms with E-state index in [1.807, 2.05) is 0 Å². The van der Waals surface area contributed by atoms with Gasteiger partial charge in [0.2, 0.25) is 0 Å². The van der Waals surface area contributed by atoms with Gasteiger partial charge in [-0.3, -0.25) is 0 Å². The third-order valence-electron chi connectivity index (χ3n) is 3.48. The van der Waals surface area contributed by atoms with Crippen LogP contribution in [0.5, 0.6) is 0 Å². The van der Waals surface area contributed by atoms with Crippen LogP contribution in [0.4, 0.5) is 0 Å². The first-order valence-electron chi connectivity index (χ1n) is 6.86. The fourth-order valence-electron chi connectivity index (χ4n) is 2.34. The van der Waals surface area contributed by atoms with Gasteiger partial charge in [0, 0.05) is 0 Å². The average molecular weight is 379 g/mol. The van der Waals surface area contributed by atoms with E-state index in [0.29, 0.717) is 5.92 Å². The summed E-state index contributed by atoms with van der Waals surface area (Å²) in [4.78, 5) is 0. The first-order valence-corrected chi connectivity index (χ1v) is 9.63. The number of halogens is 1. The van der Waals surface area contributed by atoms with Crippen molar-refractivity contribution in [1.29, 1.82) is 0 Å². The maximum absolute atomic E-state index is 6.11. The summed E-state index contributed by atoms with van der Waals surface area (Å²) >= 11 is 0.123. The van der Waals surface area contributed by atoms with E-state index in [-0.39, 0.29) is 33.4 Å². The molecule has 0 aromatic carbocycles. The Morgan fingerprint density at radius 2 is 2.37 bits per heavy atom. The molecule has 2 aliphatic heterocycles.